The molecule has 0 fully saturated rings. The van der Waals surface area contributed by atoms with Crippen LogP contribution in [0, 0.1) is 6.92 Å². The normalized spacial score (nSPS) is 10.3. The van der Waals surface area contributed by atoms with Gasteiger partial charge in [-0.15, -0.1) is 0 Å². The molecule has 21 heavy (non-hydrogen) atoms. The Morgan fingerprint density at radius 1 is 1.19 bits per heavy atom. The number of imidazole rings is 1. The van der Waals surface area contributed by atoms with Gasteiger partial charge in [-0.1, -0.05) is 6.07 Å². The fourth-order valence-corrected chi connectivity index (χ4v) is 2.00. The second-order valence-electron chi connectivity index (χ2n) is 4.78. The van der Waals surface area contributed by atoms with Gasteiger partial charge in [-0.05, 0) is 25.5 Å². The number of nitrogens with zero attached hydrogens (tertiary/aromatic N) is 3. The highest BCUT2D eigenvalue weighted by Crippen LogP contribution is 1.96. The smallest absolute Gasteiger partial charge is 0.314 e. The molecule has 0 unspecified atom stereocenters. The van der Waals surface area contributed by atoms with Crippen LogP contribution in [0.2, 0.25) is 0 Å². The zero-order valence-electron chi connectivity index (χ0n) is 12.2. The topological polar surface area (TPSA) is 71.8 Å². The zero-order valence-corrected chi connectivity index (χ0v) is 12.2. The van der Waals surface area contributed by atoms with Gasteiger partial charge in [-0.25, -0.2) is 9.78 Å². The first kappa shape index (κ1) is 15.0. The summed E-state index contributed by atoms with van der Waals surface area (Å²) in [5.41, 5.74) is 0.980. The van der Waals surface area contributed by atoms with E-state index in [1.54, 1.807) is 12.4 Å². The molecular weight excluding hydrogens is 266 g/mol. The molecule has 0 saturated carbocycles. The Kier molecular flexibility index (Phi) is 5.75. The van der Waals surface area contributed by atoms with E-state index in [1.807, 2.05) is 31.3 Å². The molecular formula is C15H21N5O. The van der Waals surface area contributed by atoms with Crippen molar-refractivity contribution in [3.05, 3.63) is 48.3 Å². The van der Waals surface area contributed by atoms with Crippen molar-refractivity contribution >= 4 is 6.03 Å². The van der Waals surface area contributed by atoms with Crippen molar-refractivity contribution in [2.24, 2.45) is 0 Å². The molecule has 0 radical (unpaired) electrons. The van der Waals surface area contributed by atoms with E-state index in [2.05, 4.69) is 25.2 Å². The van der Waals surface area contributed by atoms with Crippen LogP contribution in [0.4, 0.5) is 4.79 Å². The van der Waals surface area contributed by atoms with Gasteiger partial charge in [-0.3, -0.25) is 4.98 Å². The summed E-state index contributed by atoms with van der Waals surface area (Å²) in [6.45, 7) is 4.06. The van der Waals surface area contributed by atoms with Crippen LogP contribution in [0.25, 0.3) is 0 Å². The van der Waals surface area contributed by atoms with Gasteiger partial charge in [0.05, 0.1) is 0 Å². The van der Waals surface area contributed by atoms with Crippen LogP contribution < -0.4 is 10.6 Å². The molecule has 0 aliphatic rings. The first-order valence-electron chi connectivity index (χ1n) is 7.15. The van der Waals surface area contributed by atoms with Crippen LogP contribution >= 0.6 is 0 Å². The van der Waals surface area contributed by atoms with E-state index in [9.17, 15) is 4.79 Å². The summed E-state index contributed by atoms with van der Waals surface area (Å²) in [6, 6.07) is 5.65. The molecule has 6 heteroatoms. The maximum Gasteiger partial charge on any atom is 0.314 e. The molecule has 6 nitrogen and oxygen atoms in total. The molecule has 2 rings (SSSR count). The van der Waals surface area contributed by atoms with Crippen LogP contribution in [-0.4, -0.2) is 33.7 Å². The van der Waals surface area contributed by atoms with E-state index >= 15 is 0 Å². The first-order chi connectivity index (χ1) is 10.3. The summed E-state index contributed by atoms with van der Waals surface area (Å²) in [7, 11) is 0. The number of aromatic nitrogens is 3. The first-order valence-corrected chi connectivity index (χ1v) is 7.15. The lowest BCUT2D eigenvalue weighted by Crippen LogP contribution is -2.37. The van der Waals surface area contributed by atoms with Crippen LogP contribution in [0.3, 0.4) is 0 Å². The minimum atomic E-state index is -0.131. The highest BCUT2D eigenvalue weighted by Gasteiger charge is 2.00. The van der Waals surface area contributed by atoms with Gasteiger partial charge in [0.25, 0.3) is 0 Å². The fourth-order valence-electron chi connectivity index (χ4n) is 2.00. The van der Waals surface area contributed by atoms with Gasteiger partial charge in [0.1, 0.15) is 5.82 Å². The number of nitrogens with one attached hydrogen (secondary N) is 2. The SMILES string of the molecule is Cc1nccn1CCCNC(=O)NCCc1ccccn1. The number of pyridine rings is 1. The Labute approximate surface area is 124 Å². The standard InChI is InChI=1S/C15H21N5O/c1-13-16-10-12-20(13)11-4-8-18-15(21)19-9-6-14-5-2-3-7-17-14/h2-3,5,7,10,12H,4,6,8-9,11H2,1H3,(H2,18,19,21). The quantitative estimate of drug-likeness (QED) is 0.758. The summed E-state index contributed by atoms with van der Waals surface area (Å²) in [6.07, 6.45) is 7.11. The minimum absolute atomic E-state index is 0.131. The number of rotatable bonds is 7. The monoisotopic (exact) mass is 287 g/mol. The Balaban J connectivity index is 1.55. The van der Waals surface area contributed by atoms with E-state index < -0.39 is 0 Å². The molecule has 0 aliphatic heterocycles. The van der Waals surface area contributed by atoms with Gasteiger partial charge in [-0.2, -0.15) is 0 Å². The third-order valence-electron chi connectivity index (χ3n) is 3.18. The van der Waals surface area contributed by atoms with Crippen molar-refractivity contribution in [2.45, 2.75) is 26.3 Å². The summed E-state index contributed by atoms with van der Waals surface area (Å²) in [5, 5.41) is 5.67. The van der Waals surface area contributed by atoms with E-state index in [0.29, 0.717) is 13.1 Å². The van der Waals surface area contributed by atoms with Gasteiger partial charge < -0.3 is 15.2 Å². The fraction of sp³-hybridized carbons (Fsp3) is 0.400. The molecule has 0 aliphatic carbocycles. The molecule has 0 atom stereocenters. The second kappa shape index (κ2) is 8.04. The molecule has 2 heterocycles. The zero-order chi connectivity index (χ0) is 14.9. The Hall–Kier alpha value is -2.37. The molecule has 0 saturated heterocycles. The third kappa shape index (κ3) is 5.25. The molecule has 2 amide bonds. The molecule has 2 N–H and O–H groups in total. The number of hydrogen-bond acceptors (Lipinski definition) is 3. The summed E-state index contributed by atoms with van der Waals surface area (Å²) in [5.74, 6) is 0.995. The molecule has 2 aromatic heterocycles. The van der Waals surface area contributed by atoms with E-state index in [1.165, 1.54) is 0 Å². The van der Waals surface area contributed by atoms with E-state index in [-0.39, 0.29) is 6.03 Å². The summed E-state index contributed by atoms with van der Waals surface area (Å²) >= 11 is 0. The minimum Gasteiger partial charge on any atom is -0.338 e. The highest BCUT2D eigenvalue weighted by molar-refractivity contribution is 5.73. The predicted octanol–water partition coefficient (Wildman–Crippen LogP) is 1.52. The largest absolute Gasteiger partial charge is 0.338 e. The highest BCUT2D eigenvalue weighted by atomic mass is 16.2. The number of carbonyl (C=O) groups excluding carboxylic acids is 1. The van der Waals surface area contributed by atoms with Crippen molar-refractivity contribution in [1.29, 1.82) is 0 Å². The van der Waals surface area contributed by atoms with Crippen LogP contribution in [0.5, 0.6) is 0 Å². The Morgan fingerprint density at radius 3 is 2.76 bits per heavy atom. The van der Waals surface area contributed by atoms with Gasteiger partial charge >= 0.3 is 6.03 Å². The van der Waals surface area contributed by atoms with Gasteiger partial charge in [0.2, 0.25) is 0 Å². The molecule has 0 aromatic carbocycles. The predicted molar refractivity (Wildman–Crippen MR) is 80.9 cm³/mol. The number of amides is 2. The van der Waals surface area contributed by atoms with Crippen LogP contribution in [0.1, 0.15) is 17.9 Å². The summed E-state index contributed by atoms with van der Waals surface area (Å²) in [4.78, 5) is 20.0. The summed E-state index contributed by atoms with van der Waals surface area (Å²) < 4.78 is 2.07. The van der Waals surface area contributed by atoms with E-state index in [0.717, 1.165) is 30.9 Å². The van der Waals surface area contributed by atoms with E-state index in [4.69, 9.17) is 0 Å². The Bertz CT molecular complexity index is 552. The average molecular weight is 287 g/mol. The molecule has 0 spiro atoms. The second-order valence-corrected chi connectivity index (χ2v) is 4.78. The lowest BCUT2D eigenvalue weighted by Gasteiger charge is -2.08. The number of carbonyl (C=O) groups is 1. The van der Waals surface area contributed by atoms with Crippen molar-refractivity contribution in [1.82, 2.24) is 25.2 Å². The van der Waals surface area contributed by atoms with Gasteiger partial charge in [0.15, 0.2) is 0 Å². The average Bonchev–Trinajstić information content (AvgIpc) is 2.90. The molecule has 112 valence electrons. The third-order valence-corrected chi connectivity index (χ3v) is 3.18. The maximum absolute atomic E-state index is 11.6. The van der Waals surface area contributed by atoms with Crippen molar-refractivity contribution < 1.29 is 4.79 Å². The lowest BCUT2D eigenvalue weighted by molar-refractivity contribution is 0.240. The van der Waals surface area contributed by atoms with Crippen LogP contribution in [-0.2, 0) is 13.0 Å². The van der Waals surface area contributed by atoms with Crippen molar-refractivity contribution in [3.63, 3.8) is 0 Å². The lowest BCUT2D eigenvalue weighted by atomic mass is 10.3. The van der Waals surface area contributed by atoms with Crippen LogP contribution in [0.15, 0.2) is 36.8 Å². The molecule has 2 aromatic rings. The van der Waals surface area contributed by atoms with Crippen molar-refractivity contribution in [3.8, 4) is 0 Å². The number of urea groups is 1. The van der Waals surface area contributed by atoms with Crippen molar-refractivity contribution in [2.75, 3.05) is 13.1 Å². The Morgan fingerprint density at radius 2 is 2.05 bits per heavy atom. The maximum atomic E-state index is 11.6. The number of hydrogen-bond donors (Lipinski definition) is 2. The number of aryl methyl sites for hydroxylation is 2. The van der Waals surface area contributed by atoms with Gasteiger partial charge in [0, 0.05) is 50.3 Å². The molecule has 0 bridgehead atoms.